The first-order chi connectivity index (χ1) is 10.0. The van der Waals surface area contributed by atoms with Crippen molar-refractivity contribution in [3.8, 4) is 0 Å². The number of β-amino-alcohol motifs (C(OH)–C–C–N with tert-alkyl or cyclic N) is 1. The summed E-state index contributed by atoms with van der Waals surface area (Å²) in [5, 5.41) is 18.9. The molecule has 3 rings (SSSR count). The highest BCUT2D eigenvalue weighted by atomic mass is 16.4. The van der Waals surface area contributed by atoms with Gasteiger partial charge in [0, 0.05) is 26.1 Å². The van der Waals surface area contributed by atoms with E-state index in [2.05, 4.69) is 0 Å². The van der Waals surface area contributed by atoms with Gasteiger partial charge in [-0.2, -0.15) is 0 Å². The topological polar surface area (TPSA) is 81.1 Å². The molecule has 0 aromatic carbocycles. The molecule has 21 heavy (non-hydrogen) atoms. The number of aliphatic hydroxyl groups is 1. The molecule has 0 aromatic rings. The predicted octanol–water partition coefficient (Wildman–Crippen LogP) is 1.28. The van der Waals surface area contributed by atoms with E-state index in [1.165, 1.54) is 30.6 Å². The maximum absolute atomic E-state index is 12.5. The molecule has 2 atom stereocenters. The van der Waals surface area contributed by atoms with Crippen LogP contribution in [0.25, 0.3) is 0 Å². The van der Waals surface area contributed by atoms with Gasteiger partial charge in [0.15, 0.2) is 0 Å². The molecule has 0 unspecified atom stereocenters. The molecule has 3 aliphatic rings. The summed E-state index contributed by atoms with van der Waals surface area (Å²) in [5.41, 5.74) is 0.438. The fraction of sp³-hybridized carbons (Fsp3) is 0.867. The van der Waals surface area contributed by atoms with Crippen molar-refractivity contribution >= 4 is 12.0 Å². The monoisotopic (exact) mass is 296 g/mol. The number of amides is 2. The van der Waals surface area contributed by atoms with Crippen LogP contribution in [0.2, 0.25) is 0 Å². The molecule has 0 radical (unpaired) electrons. The minimum Gasteiger partial charge on any atom is -0.480 e. The Labute approximate surface area is 124 Å². The van der Waals surface area contributed by atoms with E-state index in [9.17, 15) is 19.8 Å². The highest BCUT2D eigenvalue weighted by Crippen LogP contribution is 2.46. The maximum Gasteiger partial charge on any atom is 0.326 e. The normalized spacial score (nSPS) is 31.9. The number of urea groups is 1. The summed E-state index contributed by atoms with van der Waals surface area (Å²) in [5.74, 6) is -1.02. The Hall–Kier alpha value is -1.30. The summed E-state index contributed by atoms with van der Waals surface area (Å²) in [6.07, 6.45) is 6.63. The molecule has 2 amide bonds. The Morgan fingerprint density at radius 2 is 1.67 bits per heavy atom. The standard InChI is InChI=1S/C15H24N2O4/c18-11-9-12(13(19)20)17(10-11)14(21)16-7-5-15(6-8-16)3-1-2-4-15/h11-12,18H,1-10H2,(H,19,20)/t11-,12+/m1/s1. The largest absolute Gasteiger partial charge is 0.480 e. The number of rotatable bonds is 1. The van der Waals surface area contributed by atoms with Crippen LogP contribution in [0.4, 0.5) is 4.79 Å². The quantitative estimate of drug-likeness (QED) is 0.764. The second-order valence-electron chi connectivity index (χ2n) is 6.87. The molecular formula is C15H24N2O4. The lowest BCUT2D eigenvalue weighted by atomic mass is 9.77. The van der Waals surface area contributed by atoms with Gasteiger partial charge >= 0.3 is 12.0 Å². The second-order valence-corrected chi connectivity index (χ2v) is 6.87. The van der Waals surface area contributed by atoms with Crippen molar-refractivity contribution in [2.45, 2.75) is 57.1 Å². The van der Waals surface area contributed by atoms with Crippen LogP contribution in [0, 0.1) is 5.41 Å². The van der Waals surface area contributed by atoms with E-state index in [1.807, 2.05) is 0 Å². The first kappa shape index (κ1) is 14.6. The van der Waals surface area contributed by atoms with Crippen molar-refractivity contribution in [2.24, 2.45) is 5.41 Å². The smallest absolute Gasteiger partial charge is 0.326 e. The number of hydrogen-bond donors (Lipinski definition) is 2. The molecule has 6 nitrogen and oxygen atoms in total. The van der Waals surface area contributed by atoms with E-state index in [1.54, 1.807) is 4.90 Å². The van der Waals surface area contributed by atoms with Gasteiger partial charge in [0.2, 0.25) is 0 Å². The van der Waals surface area contributed by atoms with Crippen LogP contribution >= 0.6 is 0 Å². The lowest BCUT2D eigenvalue weighted by Gasteiger charge is -2.41. The average Bonchev–Trinajstić information content (AvgIpc) is 3.06. The molecule has 2 heterocycles. The zero-order chi connectivity index (χ0) is 15.0. The molecule has 2 saturated heterocycles. The third-order valence-electron chi connectivity index (χ3n) is 5.57. The number of piperidine rings is 1. The number of carboxylic acids is 1. The highest BCUT2D eigenvalue weighted by molar-refractivity contribution is 5.83. The van der Waals surface area contributed by atoms with Crippen LogP contribution in [0.5, 0.6) is 0 Å². The fourth-order valence-corrected chi connectivity index (χ4v) is 4.24. The van der Waals surface area contributed by atoms with Crippen LogP contribution in [0.3, 0.4) is 0 Å². The number of carbonyl (C=O) groups is 2. The molecule has 1 spiro atoms. The van der Waals surface area contributed by atoms with Crippen molar-refractivity contribution in [3.63, 3.8) is 0 Å². The van der Waals surface area contributed by atoms with Gasteiger partial charge in [-0.05, 0) is 31.1 Å². The number of nitrogens with zero attached hydrogens (tertiary/aromatic N) is 2. The average molecular weight is 296 g/mol. The number of hydrogen-bond acceptors (Lipinski definition) is 3. The minimum absolute atomic E-state index is 0.136. The van der Waals surface area contributed by atoms with E-state index < -0.39 is 18.1 Å². The van der Waals surface area contributed by atoms with Crippen LogP contribution in [-0.2, 0) is 4.79 Å². The summed E-state index contributed by atoms with van der Waals surface area (Å²) < 4.78 is 0. The number of carboxylic acid groups (broad SMARTS) is 1. The molecule has 1 saturated carbocycles. The van der Waals surface area contributed by atoms with Crippen molar-refractivity contribution < 1.29 is 19.8 Å². The van der Waals surface area contributed by atoms with E-state index >= 15 is 0 Å². The first-order valence-electron chi connectivity index (χ1n) is 7.97. The Bertz CT molecular complexity index is 423. The Balaban J connectivity index is 1.62. The highest BCUT2D eigenvalue weighted by Gasteiger charge is 2.43. The summed E-state index contributed by atoms with van der Waals surface area (Å²) in [7, 11) is 0. The Morgan fingerprint density at radius 3 is 2.24 bits per heavy atom. The van der Waals surface area contributed by atoms with Gasteiger partial charge in [0.05, 0.1) is 6.10 Å². The number of likely N-dealkylation sites (tertiary alicyclic amines) is 2. The third kappa shape index (κ3) is 2.73. The van der Waals surface area contributed by atoms with Crippen LogP contribution in [-0.4, -0.2) is 63.8 Å². The van der Waals surface area contributed by atoms with Crippen molar-refractivity contribution in [1.29, 1.82) is 0 Å². The summed E-state index contributed by atoms with van der Waals surface area (Å²) >= 11 is 0. The second kappa shape index (κ2) is 5.48. The van der Waals surface area contributed by atoms with Crippen molar-refractivity contribution in [2.75, 3.05) is 19.6 Å². The van der Waals surface area contributed by atoms with E-state index in [0.29, 0.717) is 5.41 Å². The predicted molar refractivity (Wildman–Crippen MR) is 75.9 cm³/mol. The van der Waals surface area contributed by atoms with Gasteiger partial charge in [0.25, 0.3) is 0 Å². The zero-order valence-corrected chi connectivity index (χ0v) is 12.3. The van der Waals surface area contributed by atoms with Gasteiger partial charge in [-0.15, -0.1) is 0 Å². The summed E-state index contributed by atoms with van der Waals surface area (Å²) in [4.78, 5) is 26.9. The van der Waals surface area contributed by atoms with Gasteiger partial charge < -0.3 is 20.0 Å². The number of carbonyl (C=O) groups excluding carboxylic acids is 1. The SMILES string of the molecule is O=C(O)[C@@H]1C[C@@H](O)CN1C(=O)N1CCC2(CCCC2)CC1. The van der Waals surface area contributed by atoms with Gasteiger partial charge in [-0.25, -0.2) is 9.59 Å². The van der Waals surface area contributed by atoms with Gasteiger partial charge in [-0.1, -0.05) is 12.8 Å². The number of aliphatic hydroxyl groups excluding tert-OH is 1. The molecule has 2 N–H and O–H groups in total. The summed E-state index contributed by atoms with van der Waals surface area (Å²) in [6, 6.07) is -1.10. The van der Waals surface area contributed by atoms with Crippen LogP contribution in [0.15, 0.2) is 0 Å². The number of aliphatic carboxylic acids is 1. The lowest BCUT2D eigenvalue weighted by molar-refractivity contribution is -0.141. The summed E-state index contributed by atoms with van der Waals surface area (Å²) in [6.45, 7) is 1.58. The zero-order valence-electron chi connectivity index (χ0n) is 12.3. The molecule has 3 fully saturated rings. The lowest BCUT2D eigenvalue weighted by Crippen LogP contribution is -2.51. The molecule has 118 valence electrons. The molecule has 2 aliphatic heterocycles. The van der Waals surface area contributed by atoms with E-state index in [0.717, 1.165) is 25.9 Å². The molecular weight excluding hydrogens is 272 g/mol. The minimum atomic E-state index is -1.02. The van der Waals surface area contributed by atoms with Gasteiger partial charge in [-0.3, -0.25) is 0 Å². The van der Waals surface area contributed by atoms with E-state index in [-0.39, 0.29) is 19.0 Å². The maximum atomic E-state index is 12.5. The molecule has 1 aliphatic carbocycles. The van der Waals surface area contributed by atoms with E-state index in [4.69, 9.17) is 0 Å². The molecule has 6 heteroatoms. The Kier molecular flexibility index (Phi) is 3.82. The van der Waals surface area contributed by atoms with Crippen molar-refractivity contribution in [3.05, 3.63) is 0 Å². The fourth-order valence-electron chi connectivity index (χ4n) is 4.24. The van der Waals surface area contributed by atoms with Crippen LogP contribution < -0.4 is 0 Å². The molecule has 0 aromatic heterocycles. The Morgan fingerprint density at radius 1 is 1.05 bits per heavy atom. The molecule has 0 bridgehead atoms. The third-order valence-corrected chi connectivity index (χ3v) is 5.57. The van der Waals surface area contributed by atoms with Crippen molar-refractivity contribution in [1.82, 2.24) is 9.80 Å². The van der Waals surface area contributed by atoms with Crippen LogP contribution in [0.1, 0.15) is 44.9 Å². The van der Waals surface area contributed by atoms with Gasteiger partial charge in [0.1, 0.15) is 6.04 Å². The first-order valence-corrected chi connectivity index (χ1v) is 7.97.